The molecule has 0 saturated heterocycles. The summed E-state index contributed by atoms with van der Waals surface area (Å²) < 4.78 is 38.1. The van der Waals surface area contributed by atoms with E-state index in [9.17, 15) is 22.8 Å². The number of hydrazine groups is 1. The number of anilines is 1. The van der Waals surface area contributed by atoms with Crippen LogP contribution in [0.3, 0.4) is 0 Å². The zero-order valence-electron chi connectivity index (χ0n) is 18.6. The van der Waals surface area contributed by atoms with E-state index in [1.165, 1.54) is 5.01 Å². The largest absolute Gasteiger partial charge is 0.481 e. The van der Waals surface area contributed by atoms with E-state index < -0.39 is 23.6 Å². The van der Waals surface area contributed by atoms with Gasteiger partial charge < -0.3 is 15.4 Å². The first-order valence-corrected chi connectivity index (χ1v) is 9.97. The predicted molar refractivity (Wildman–Crippen MR) is 120 cm³/mol. The summed E-state index contributed by atoms with van der Waals surface area (Å²) in [6, 6.07) is 9.21. The second-order valence-corrected chi connectivity index (χ2v) is 7.72. The molecule has 4 N–H and O–H groups in total. The van der Waals surface area contributed by atoms with E-state index in [0.717, 1.165) is 35.4 Å². The number of carbonyl (C=O) groups excluding carboxylic acids is 1. The summed E-state index contributed by atoms with van der Waals surface area (Å²) in [6.45, 7) is 9.32. The molecule has 0 heterocycles. The van der Waals surface area contributed by atoms with Crippen LogP contribution in [0.5, 0.6) is 0 Å². The van der Waals surface area contributed by atoms with E-state index >= 15 is 0 Å². The Balaban J connectivity index is 2.14. The lowest BCUT2D eigenvalue weighted by Gasteiger charge is -2.23. The van der Waals surface area contributed by atoms with Crippen LogP contribution in [0, 0.1) is 6.92 Å². The molecule has 9 heteroatoms. The maximum Gasteiger partial charge on any atom is 0.416 e. The van der Waals surface area contributed by atoms with Crippen molar-refractivity contribution in [1.82, 2.24) is 5.01 Å². The van der Waals surface area contributed by atoms with Crippen molar-refractivity contribution in [1.29, 1.82) is 0 Å². The van der Waals surface area contributed by atoms with Crippen molar-refractivity contribution in [2.24, 2.45) is 5.84 Å². The van der Waals surface area contributed by atoms with Crippen LogP contribution < -0.4 is 11.2 Å². The molecule has 0 spiro atoms. The molecule has 0 aliphatic carbocycles. The normalized spacial score (nSPS) is 12.1. The monoisotopic (exact) mass is 461 g/mol. The maximum absolute atomic E-state index is 12.7. The average molecular weight is 461 g/mol. The molecule has 0 saturated carbocycles. The summed E-state index contributed by atoms with van der Waals surface area (Å²) in [5.41, 5.74) is 3.08. The van der Waals surface area contributed by atoms with Crippen molar-refractivity contribution in [3.05, 3.63) is 88.1 Å². The van der Waals surface area contributed by atoms with Gasteiger partial charge in [0.05, 0.1) is 18.5 Å². The molecule has 33 heavy (non-hydrogen) atoms. The highest BCUT2D eigenvalue weighted by molar-refractivity contribution is 6.04. The van der Waals surface area contributed by atoms with Crippen molar-refractivity contribution in [3.63, 3.8) is 0 Å². The fraction of sp³-hybridized carbons (Fsp3) is 0.250. The van der Waals surface area contributed by atoms with E-state index in [1.54, 1.807) is 32.9 Å². The molecular formula is C24H26F3N3O3. The SMILES string of the molecule is C=C(C)/C(CC(=O)O)=C(/C)N(N)Cc1ccc(NC(=O)c2ccc(C(F)(F)F)cc2)c(C)c1. The highest BCUT2D eigenvalue weighted by atomic mass is 19.4. The Morgan fingerprint density at radius 2 is 1.73 bits per heavy atom. The fourth-order valence-corrected chi connectivity index (χ4v) is 3.20. The Bertz CT molecular complexity index is 1090. The third-order valence-corrected chi connectivity index (χ3v) is 5.08. The quantitative estimate of drug-likeness (QED) is 0.283. The number of benzene rings is 2. The van der Waals surface area contributed by atoms with Gasteiger partial charge in [-0.05, 0) is 67.8 Å². The smallest absolute Gasteiger partial charge is 0.416 e. The van der Waals surface area contributed by atoms with Crippen LogP contribution in [0.4, 0.5) is 18.9 Å². The standard InChI is InChI=1S/C24H26F3N3O3/c1-14(2)20(12-22(31)32)16(4)30(28)13-17-5-10-21(15(3)11-17)29-23(33)18-6-8-19(9-7-18)24(25,26)27/h5-11H,1,12-13,28H2,2-4H3,(H,29,33)(H,31,32)/b20-16-. The van der Waals surface area contributed by atoms with Crippen LogP contribution in [0.1, 0.15) is 47.3 Å². The molecular weight excluding hydrogens is 435 g/mol. The Morgan fingerprint density at radius 3 is 2.21 bits per heavy atom. The highest BCUT2D eigenvalue weighted by Gasteiger charge is 2.30. The number of nitrogens with one attached hydrogen (secondary N) is 1. The van der Waals surface area contributed by atoms with Gasteiger partial charge >= 0.3 is 12.1 Å². The van der Waals surface area contributed by atoms with Crippen LogP contribution in [0.2, 0.25) is 0 Å². The van der Waals surface area contributed by atoms with Gasteiger partial charge in [0.15, 0.2) is 0 Å². The zero-order valence-corrected chi connectivity index (χ0v) is 18.6. The number of alkyl halides is 3. The number of carboxylic acid groups (broad SMARTS) is 1. The summed E-state index contributed by atoms with van der Waals surface area (Å²) in [6.07, 6.45) is -4.66. The number of halogens is 3. The molecule has 2 aromatic carbocycles. The summed E-state index contributed by atoms with van der Waals surface area (Å²) in [5.74, 6) is 4.63. The molecule has 2 rings (SSSR count). The lowest BCUT2D eigenvalue weighted by molar-refractivity contribution is -0.138. The lowest BCUT2D eigenvalue weighted by Crippen LogP contribution is -2.30. The lowest BCUT2D eigenvalue weighted by atomic mass is 10.0. The van der Waals surface area contributed by atoms with Gasteiger partial charge in [-0.2, -0.15) is 13.2 Å². The molecule has 0 unspecified atom stereocenters. The fourth-order valence-electron chi connectivity index (χ4n) is 3.20. The number of nitrogens with zero attached hydrogens (tertiary/aromatic N) is 1. The molecule has 0 aliphatic heterocycles. The molecule has 0 atom stereocenters. The zero-order chi connectivity index (χ0) is 24.9. The van der Waals surface area contributed by atoms with Gasteiger partial charge in [-0.25, -0.2) is 5.84 Å². The summed E-state index contributed by atoms with van der Waals surface area (Å²) >= 11 is 0. The van der Waals surface area contributed by atoms with Gasteiger partial charge in [0.2, 0.25) is 0 Å². The molecule has 0 bridgehead atoms. The number of amides is 1. The van der Waals surface area contributed by atoms with Gasteiger partial charge in [0.25, 0.3) is 5.91 Å². The van der Waals surface area contributed by atoms with Gasteiger partial charge in [0.1, 0.15) is 0 Å². The third kappa shape index (κ3) is 6.95. The van der Waals surface area contributed by atoms with Crippen molar-refractivity contribution in [2.75, 3.05) is 5.32 Å². The Morgan fingerprint density at radius 1 is 1.12 bits per heavy atom. The summed E-state index contributed by atoms with van der Waals surface area (Å²) in [5, 5.41) is 13.2. The first kappa shape index (κ1) is 25.7. The predicted octanol–water partition coefficient (Wildman–Crippen LogP) is 5.27. The average Bonchev–Trinajstić information content (AvgIpc) is 2.72. The number of allylic oxidation sites excluding steroid dienone is 2. The molecule has 0 aromatic heterocycles. The summed E-state index contributed by atoms with van der Waals surface area (Å²) in [4.78, 5) is 23.5. The minimum Gasteiger partial charge on any atom is -0.481 e. The van der Waals surface area contributed by atoms with Crippen LogP contribution >= 0.6 is 0 Å². The second kappa shape index (κ2) is 10.4. The number of hydrogen-bond donors (Lipinski definition) is 3. The highest BCUT2D eigenvalue weighted by Crippen LogP contribution is 2.29. The molecule has 0 aliphatic rings. The van der Waals surface area contributed by atoms with Crippen molar-refractivity contribution < 1.29 is 27.9 Å². The van der Waals surface area contributed by atoms with E-state index in [1.807, 2.05) is 6.07 Å². The van der Waals surface area contributed by atoms with Gasteiger partial charge in [-0.3, -0.25) is 9.59 Å². The van der Waals surface area contributed by atoms with Crippen molar-refractivity contribution >= 4 is 17.6 Å². The number of carbonyl (C=O) groups is 2. The van der Waals surface area contributed by atoms with E-state index in [2.05, 4.69) is 11.9 Å². The molecule has 176 valence electrons. The first-order valence-electron chi connectivity index (χ1n) is 9.97. The van der Waals surface area contributed by atoms with Crippen molar-refractivity contribution in [3.8, 4) is 0 Å². The number of hydrogen-bond acceptors (Lipinski definition) is 4. The van der Waals surface area contributed by atoms with Gasteiger partial charge in [-0.1, -0.05) is 24.3 Å². The summed E-state index contributed by atoms with van der Waals surface area (Å²) in [7, 11) is 0. The Kier molecular flexibility index (Phi) is 8.05. The first-order chi connectivity index (χ1) is 15.3. The van der Waals surface area contributed by atoms with Gasteiger partial charge in [-0.15, -0.1) is 0 Å². The molecule has 1 amide bonds. The van der Waals surface area contributed by atoms with Crippen LogP contribution in [0.25, 0.3) is 0 Å². The minimum atomic E-state index is -4.47. The van der Waals surface area contributed by atoms with Crippen LogP contribution in [-0.2, 0) is 17.5 Å². The van der Waals surface area contributed by atoms with Crippen LogP contribution in [0.15, 0.2) is 65.9 Å². The maximum atomic E-state index is 12.7. The van der Waals surface area contributed by atoms with E-state index in [-0.39, 0.29) is 18.5 Å². The van der Waals surface area contributed by atoms with Crippen LogP contribution in [-0.4, -0.2) is 22.0 Å². The number of carboxylic acids is 1. The third-order valence-electron chi connectivity index (χ3n) is 5.08. The molecule has 0 radical (unpaired) electrons. The number of rotatable bonds is 8. The Labute approximate surface area is 190 Å². The molecule has 6 nitrogen and oxygen atoms in total. The minimum absolute atomic E-state index is 0.103. The van der Waals surface area contributed by atoms with Gasteiger partial charge in [0, 0.05) is 16.9 Å². The Hall–Kier alpha value is -3.59. The number of aliphatic carboxylic acids is 1. The molecule has 2 aromatic rings. The second-order valence-electron chi connectivity index (χ2n) is 7.72. The molecule has 0 fully saturated rings. The van der Waals surface area contributed by atoms with E-state index in [0.29, 0.717) is 22.5 Å². The topological polar surface area (TPSA) is 95.7 Å². The number of nitrogens with two attached hydrogens (primary N) is 1. The number of aryl methyl sites for hydroxylation is 1. The van der Waals surface area contributed by atoms with E-state index in [4.69, 9.17) is 10.9 Å². The van der Waals surface area contributed by atoms with Crippen molar-refractivity contribution in [2.45, 2.75) is 39.9 Å².